The van der Waals surface area contributed by atoms with Gasteiger partial charge in [-0.25, -0.2) is 4.79 Å². The molecule has 0 aromatic rings. The predicted octanol–water partition coefficient (Wildman–Crippen LogP) is 3.44. The molecular weight excluding hydrogens is 264 g/mol. The van der Waals surface area contributed by atoms with Gasteiger partial charge in [0.25, 0.3) is 0 Å². The number of amides is 1. The van der Waals surface area contributed by atoms with Crippen LogP contribution in [0.25, 0.3) is 0 Å². The molecule has 1 fully saturated rings. The van der Waals surface area contributed by atoms with Crippen molar-refractivity contribution in [3.8, 4) is 0 Å². The summed E-state index contributed by atoms with van der Waals surface area (Å²) in [5, 5.41) is 0. The second-order valence-corrected chi connectivity index (χ2v) is 7.28. The highest BCUT2D eigenvalue weighted by Crippen LogP contribution is 2.33. The molecule has 1 unspecified atom stereocenters. The fourth-order valence-corrected chi connectivity index (χ4v) is 3.19. The van der Waals surface area contributed by atoms with Gasteiger partial charge in [0.15, 0.2) is 0 Å². The van der Waals surface area contributed by atoms with Crippen molar-refractivity contribution in [2.24, 2.45) is 17.6 Å². The zero-order chi connectivity index (χ0) is 15.6. The van der Waals surface area contributed by atoms with Crippen LogP contribution in [0.2, 0.25) is 0 Å². The van der Waals surface area contributed by atoms with E-state index in [0.717, 1.165) is 38.0 Å². The normalized spacial score (nSPS) is 27.0. The van der Waals surface area contributed by atoms with Gasteiger partial charge in [0.1, 0.15) is 5.60 Å². The molecule has 2 atom stereocenters. The van der Waals surface area contributed by atoms with E-state index in [1.807, 2.05) is 31.7 Å². The van der Waals surface area contributed by atoms with Gasteiger partial charge < -0.3 is 15.4 Å². The molecule has 1 heterocycles. The number of carbonyl (C=O) groups is 1. The van der Waals surface area contributed by atoms with E-state index in [2.05, 4.69) is 13.0 Å². The number of nitrogens with zero attached hydrogens (tertiary/aromatic N) is 1. The average Bonchev–Trinajstić information content (AvgIpc) is 2.37. The number of ether oxygens (including phenoxy) is 1. The van der Waals surface area contributed by atoms with Gasteiger partial charge in [-0.1, -0.05) is 18.6 Å². The maximum Gasteiger partial charge on any atom is 0.410 e. The Kier molecular flexibility index (Phi) is 4.64. The minimum atomic E-state index is -0.432. The molecule has 0 bridgehead atoms. The van der Waals surface area contributed by atoms with E-state index in [1.165, 1.54) is 5.57 Å². The third kappa shape index (κ3) is 4.26. The van der Waals surface area contributed by atoms with Gasteiger partial charge >= 0.3 is 6.09 Å². The summed E-state index contributed by atoms with van der Waals surface area (Å²) in [4.78, 5) is 14.1. The van der Waals surface area contributed by atoms with Crippen molar-refractivity contribution in [1.29, 1.82) is 0 Å². The lowest BCUT2D eigenvalue weighted by Gasteiger charge is -2.37. The number of carbonyl (C=O) groups excluding carboxylic acids is 1. The van der Waals surface area contributed by atoms with Crippen LogP contribution in [-0.2, 0) is 4.74 Å². The molecule has 0 spiro atoms. The fraction of sp³-hybridized carbons (Fsp3) is 0.706. The lowest BCUT2D eigenvalue weighted by atomic mass is 9.79. The summed E-state index contributed by atoms with van der Waals surface area (Å²) in [6.07, 6.45) is 7.09. The zero-order valence-corrected chi connectivity index (χ0v) is 13.7. The van der Waals surface area contributed by atoms with Crippen molar-refractivity contribution >= 4 is 6.09 Å². The minimum absolute atomic E-state index is 0.189. The van der Waals surface area contributed by atoms with Crippen LogP contribution in [0.3, 0.4) is 0 Å². The first kappa shape index (κ1) is 15.9. The van der Waals surface area contributed by atoms with E-state index < -0.39 is 5.60 Å². The number of hydrogen-bond donors (Lipinski definition) is 1. The van der Waals surface area contributed by atoms with E-state index in [0.29, 0.717) is 11.8 Å². The predicted molar refractivity (Wildman–Crippen MR) is 84.7 cm³/mol. The Bertz CT molecular complexity index is 460. The van der Waals surface area contributed by atoms with Gasteiger partial charge in [0.2, 0.25) is 0 Å². The largest absolute Gasteiger partial charge is 0.444 e. The highest BCUT2D eigenvalue weighted by atomic mass is 16.6. The lowest BCUT2D eigenvalue weighted by molar-refractivity contribution is 0.0178. The van der Waals surface area contributed by atoms with Crippen molar-refractivity contribution in [3.05, 3.63) is 23.4 Å². The van der Waals surface area contributed by atoms with E-state index in [9.17, 15) is 4.79 Å². The summed E-state index contributed by atoms with van der Waals surface area (Å²) >= 11 is 0. The molecule has 0 aromatic carbocycles. The molecule has 21 heavy (non-hydrogen) atoms. The molecular formula is C17H28N2O2. The van der Waals surface area contributed by atoms with Crippen molar-refractivity contribution in [2.45, 2.75) is 52.6 Å². The Morgan fingerprint density at radius 3 is 2.71 bits per heavy atom. The SMILES string of the molecule is CC1CC(N)=CC=C1[C@@H]1CCCN(C(=O)OC(C)(C)C)C1. The molecule has 1 amide bonds. The minimum Gasteiger partial charge on any atom is -0.444 e. The molecule has 2 aliphatic rings. The molecule has 2 rings (SSSR count). The maximum absolute atomic E-state index is 12.2. The molecule has 2 N–H and O–H groups in total. The van der Waals surface area contributed by atoms with Gasteiger partial charge in [0, 0.05) is 18.8 Å². The first-order chi connectivity index (χ1) is 9.76. The molecule has 118 valence electrons. The zero-order valence-electron chi connectivity index (χ0n) is 13.7. The molecule has 0 saturated carbocycles. The Hall–Kier alpha value is -1.45. The molecule has 4 nitrogen and oxygen atoms in total. The Morgan fingerprint density at radius 1 is 1.38 bits per heavy atom. The van der Waals surface area contributed by atoms with Crippen molar-refractivity contribution < 1.29 is 9.53 Å². The number of allylic oxidation sites excluding steroid dienone is 3. The van der Waals surface area contributed by atoms with Crippen LogP contribution >= 0.6 is 0 Å². The Morgan fingerprint density at radius 2 is 2.10 bits per heavy atom. The van der Waals surface area contributed by atoms with Gasteiger partial charge in [-0.15, -0.1) is 0 Å². The average molecular weight is 292 g/mol. The number of likely N-dealkylation sites (tertiary alicyclic amines) is 1. The highest BCUT2D eigenvalue weighted by molar-refractivity contribution is 5.68. The molecule has 1 saturated heterocycles. The van der Waals surface area contributed by atoms with E-state index in [1.54, 1.807) is 0 Å². The summed E-state index contributed by atoms with van der Waals surface area (Å²) in [6.45, 7) is 9.50. The van der Waals surface area contributed by atoms with Crippen LogP contribution < -0.4 is 5.73 Å². The van der Waals surface area contributed by atoms with Crippen LogP contribution in [0.5, 0.6) is 0 Å². The third-order valence-electron chi connectivity index (χ3n) is 4.15. The Balaban J connectivity index is 2.03. The number of hydrogen-bond acceptors (Lipinski definition) is 3. The summed E-state index contributed by atoms with van der Waals surface area (Å²) < 4.78 is 5.49. The summed E-state index contributed by atoms with van der Waals surface area (Å²) in [7, 11) is 0. The van der Waals surface area contributed by atoms with Crippen LogP contribution in [-0.4, -0.2) is 29.7 Å². The van der Waals surface area contributed by atoms with Crippen molar-refractivity contribution in [3.63, 3.8) is 0 Å². The van der Waals surface area contributed by atoms with Crippen LogP contribution in [0, 0.1) is 11.8 Å². The van der Waals surface area contributed by atoms with E-state index in [-0.39, 0.29) is 6.09 Å². The smallest absolute Gasteiger partial charge is 0.410 e. The van der Waals surface area contributed by atoms with Crippen molar-refractivity contribution in [2.75, 3.05) is 13.1 Å². The molecule has 1 aliphatic heterocycles. The van der Waals surface area contributed by atoms with Gasteiger partial charge in [-0.2, -0.15) is 0 Å². The topological polar surface area (TPSA) is 55.6 Å². The number of rotatable bonds is 1. The first-order valence-electron chi connectivity index (χ1n) is 7.90. The van der Waals surface area contributed by atoms with E-state index in [4.69, 9.17) is 10.5 Å². The maximum atomic E-state index is 12.2. The van der Waals surface area contributed by atoms with Crippen LogP contribution in [0.1, 0.15) is 47.0 Å². The van der Waals surface area contributed by atoms with Crippen molar-refractivity contribution in [1.82, 2.24) is 4.90 Å². The lowest BCUT2D eigenvalue weighted by Crippen LogP contribution is -2.43. The highest BCUT2D eigenvalue weighted by Gasteiger charge is 2.31. The second kappa shape index (κ2) is 6.12. The number of nitrogens with two attached hydrogens (primary N) is 1. The van der Waals surface area contributed by atoms with E-state index >= 15 is 0 Å². The first-order valence-corrected chi connectivity index (χ1v) is 7.90. The van der Waals surface area contributed by atoms with Crippen LogP contribution in [0.4, 0.5) is 4.79 Å². The quantitative estimate of drug-likeness (QED) is 0.805. The van der Waals surface area contributed by atoms with Crippen LogP contribution in [0.15, 0.2) is 23.4 Å². The molecule has 1 aliphatic carbocycles. The van der Waals surface area contributed by atoms with Gasteiger partial charge in [-0.05, 0) is 57.9 Å². The standard InChI is InChI=1S/C17H28N2O2/c1-12-10-14(18)7-8-15(12)13-6-5-9-19(11-13)16(20)21-17(2,3)4/h7-8,12-13H,5-6,9-11,18H2,1-4H3/t12?,13-/m1/s1. The summed E-state index contributed by atoms with van der Waals surface area (Å²) in [5.74, 6) is 0.907. The summed E-state index contributed by atoms with van der Waals surface area (Å²) in [5.41, 5.74) is 7.84. The number of piperidine rings is 1. The monoisotopic (exact) mass is 292 g/mol. The Labute approximate surface area is 128 Å². The molecule has 0 aromatic heterocycles. The second-order valence-electron chi connectivity index (χ2n) is 7.28. The van der Waals surface area contributed by atoms with Gasteiger partial charge in [0.05, 0.1) is 0 Å². The van der Waals surface area contributed by atoms with Gasteiger partial charge in [-0.3, -0.25) is 0 Å². The molecule has 0 radical (unpaired) electrons. The fourth-order valence-electron chi connectivity index (χ4n) is 3.19. The molecule has 4 heteroatoms. The summed E-state index contributed by atoms with van der Waals surface area (Å²) in [6, 6.07) is 0. The third-order valence-corrected chi connectivity index (χ3v) is 4.15.